The molecule has 1 N–H and O–H groups in total. The van der Waals surface area contributed by atoms with Gasteiger partial charge < -0.3 is 0 Å². The fourth-order valence-corrected chi connectivity index (χ4v) is 7.07. The van der Waals surface area contributed by atoms with E-state index in [2.05, 4.69) is 16.4 Å². The number of amides is 1. The number of rotatable bonds is 5. The Hall–Kier alpha value is -2.18. The van der Waals surface area contributed by atoms with Crippen LogP contribution < -0.4 is 14.1 Å². The Labute approximate surface area is 193 Å². The van der Waals surface area contributed by atoms with Crippen molar-refractivity contribution in [3.8, 4) is 0 Å². The third kappa shape index (κ3) is 5.18. The Morgan fingerprint density at radius 2 is 1.87 bits per heavy atom. The number of carbonyl (C=O) groups is 1. The normalized spacial score (nSPS) is 14.5. The number of fused-ring (bicyclic) bond motifs is 1. The van der Waals surface area contributed by atoms with E-state index in [1.807, 2.05) is 36.4 Å². The number of hydrogen-bond donors (Lipinski definition) is 1. The minimum atomic E-state index is -3.21. The van der Waals surface area contributed by atoms with Crippen LogP contribution in [0.5, 0.6) is 0 Å². The molecule has 1 atom stereocenters. The number of carbonyl (C=O) groups excluding carboxylic acids is 1. The van der Waals surface area contributed by atoms with Gasteiger partial charge in [0.05, 0.1) is 0 Å². The van der Waals surface area contributed by atoms with Crippen molar-refractivity contribution >= 4 is 57.8 Å². The second kappa shape index (κ2) is 9.13. The van der Waals surface area contributed by atoms with Gasteiger partial charge in [0.2, 0.25) is 0 Å². The van der Waals surface area contributed by atoms with Crippen LogP contribution in [0.2, 0.25) is 5.02 Å². The van der Waals surface area contributed by atoms with Crippen LogP contribution in [-0.4, -0.2) is 52.2 Å². The molecule has 3 aromatic rings. The van der Waals surface area contributed by atoms with Gasteiger partial charge in [0.15, 0.2) is 0 Å². The number of anilines is 1. The zero-order valence-corrected chi connectivity index (χ0v) is 20.5. The molecule has 0 saturated carbocycles. The first kappa shape index (κ1) is 22.0. The average Bonchev–Trinajstić information content (AvgIpc) is 2.75. The Balaban J connectivity index is 1.57. The fraction of sp³-hybridized carbons (Fsp3) is 0.182. The van der Waals surface area contributed by atoms with E-state index >= 15 is 0 Å². The molecule has 2 heterocycles. The number of pyridine rings is 1. The van der Waals surface area contributed by atoms with Crippen LogP contribution in [-0.2, 0) is 23.0 Å². The number of sulfonamides is 1. The Bertz CT molecular complexity index is 1240. The summed E-state index contributed by atoms with van der Waals surface area (Å²) in [5, 5.41) is 3.13. The zero-order chi connectivity index (χ0) is 22.0. The van der Waals surface area contributed by atoms with Crippen LogP contribution in [0.25, 0.3) is 0 Å². The average molecular weight is 518 g/mol. The van der Waals surface area contributed by atoms with Crippen molar-refractivity contribution in [2.24, 2.45) is 0 Å². The van der Waals surface area contributed by atoms with Gasteiger partial charge in [0.1, 0.15) is 0 Å². The number of benzene rings is 2. The molecule has 1 aliphatic heterocycles. The standard InChI is InChI=1S/C22H21AsClN3O3S/c1-31(29,30)27-13-12-17-15(14-27)6-5-9-18(17)23-20-11-10-19(24)21(26-20)22(28)25-16-7-3-2-4-8-16/h2-11,23H,12-14H2,1H3,(H,25,28). The van der Waals surface area contributed by atoms with E-state index < -0.39 is 25.8 Å². The van der Waals surface area contributed by atoms with Crippen LogP contribution in [0, 0.1) is 0 Å². The molecule has 6 nitrogen and oxygen atoms in total. The maximum absolute atomic E-state index is 12.7. The van der Waals surface area contributed by atoms with E-state index in [0.29, 0.717) is 30.2 Å². The molecule has 0 spiro atoms. The van der Waals surface area contributed by atoms with E-state index in [0.717, 1.165) is 10.0 Å². The summed E-state index contributed by atoms with van der Waals surface area (Å²) < 4.78 is 27.4. The minimum absolute atomic E-state index is 0.208. The van der Waals surface area contributed by atoms with Gasteiger partial charge in [0, 0.05) is 0 Å². The van der Waals surface area contributed by atoms with Gasteiger partial charge in [-0.15, -0.1) is 0 Å². The first-order chi connectivity index (χ1) is 14.8. The molecule has 1 unspecified atom stereocenters. The summed E-state index contributed by atoms with van der Waals surface area (Å²) in [5.41, 5.74) is 3.13. The number of halogens is 1. The molecule has 0 saturated heterocycles. The number of nitrogens with zero attached hydrogens (tertiary/aromatic N) is 2. The molecule has 1 aliphatic rings. The zero-order valence-electron chi connectivity index (χ0n) is 16.8. The van der Waals surface area contributed by atoms with Crippen LogP contribution in [0.15, 0.2) is 60.7 Å². The van der Waals surface area contributed by atoms with E-state index in [4.69, 9.17) is 11.6 Å². The summed E-state index contributed by atoms with van der Waals surface area (Å²) in [6.07, 6.45) is 1.92. The van der Waals surface area contributed by atoms with Crippen molar-refractivity contribution in [3.63, 3.8) is 0 Å². The molecule has 0 bridgehead atoms. The summed E-state index contributed by atoms with van der Waals surface area (Å²) in [6.45, 7) is 0.876. The molecular weight excluding hydrogens is 497 g/mol. The molecule has 2 aromatic carbocycles. The van der Waals surface area contributed by atoms with Crippen LogP contribution in [0.4, 0.5) is 5.69 Å². The van der Waals surface area contributed by atoms with Gasteiger partial charge in [-0.3, -0.25) is 0 Å². The number of para-hydroxylation sites is 1. The van der Waals surface area contributed by atoms with E-state index in [-0.39, 0.29) is 11.6 Å². The molecule has 160 valence electrons. The van der Waals surface area contributed by atoms with Crippen molar-refractivity contribution in [2.75, 3.05) is 18.1 Å². The molecule has 31 heavy (non-hydrogen) atoms. The summed E-state index contributed by atoms with van der Waals surface area (Å²) >= 11 is 5.43. The van der Waals surface area contributed by atoms with Gasteiger partial charge >= 0.3 is 194 Å². The Morgan fingerprint density at radius 3 is 2.61 bits per heavy atom. The third-order valence-corrected chi connectivity index (χ3v) is 9.28. The van der Waals surface area contributed by atoms with Gasteiger partial charge in [-0.1, -0.05) is 0 Å². The van der Waals surface area contributed by atoms with Gasteiger partial charge in [-0.2, -0.15) is 0 Å². The van der Waals surface area contributed by atoms with Crippen LogP contribution in [0.1, 0.15) is 21.6 Å². The van der Waals surface area contributed by atoms with Gasteiger partial charge in [0.25, 0.3) is 0 Å². The first-order valence-corrected chi connectivity index (χ1v) is 14.0. The molecule has 1 aromatic heterocycles. The molecule has 0 aliphatic carbocycles. The molecule has 0 radical (unpaired) electrons. The third-order valence-electron chi connectivity index (χ3n) is 5.06. The summed E-state index contributed by atoms with van der Waals surface area (Å²) in [7, 11) is -3.21. The van der Waals surface area contributed by atoms with Gasteiger partial charge in [-0.25, -0.2) is 0 Å². The van der Waals surface area contributed by atoms with Crippen molar-refractivity contribution in [3.05, 3.63) is 82.5 Å². The predicted octanol–water partition coefficient (Wildman–Crippen LogP) is 1.69. The maximum atomic E-state index is 12.7. The summed E-state index contributed by atoms with van der Waals surface area (Å²) in [6, 6.07) is 18.8. The SMILES string of the molecule is CS(=O)(=O)N1CCc2c(cccc2[AsH]c2ccc(Cl)c(C(=O)Nc3ccccc3)n2)C1. The second-order valence-electron chi connectivity index (χ2n) is 7.26. The van der Waals surface area contributed by atoms with Crippen LogP contribution in [0.3, 0.4) is 0 Å². The van der Waals surface area contributed by atoms with E-state index in [1.54, 1.807) is 18.2 Å². The second-order valence-corrected chi connectivity index (χ2v) is 12.4. The van der Waals surface area contributed by atoms with Crippen molar-refractivity contribution in [1.82, 2.24) is 9.29 Å². The quantitative estimate of drug-likeness (QED) is 0.523. The molecule has 9 heteroatoms. The fourth-order valence-electron chi connectivity index (χ4n) is 3.50. The van der Waals surface area contributed by atoms with E-state index in [9.17, 15) is 13.2 Å². The van der Waals surface area contributed by atoms with Crippen molar-refractivity contribution in [2.45, 2.75) is 13.0 Å². The first-order valence-electron chi connectivity index (χ1n) is 9.67. The molecule has 0 fully saturated rings. The molecule has 4 rings (SSSR count). The van der Waals surface area contributed by atoms with Crippen LogP contribution >= 0.6 is 11.6 Å². The summed E-state index contributed by atoms with van der Waals surface area (Å²) in [4.78, 5) is 17.3. The Morgan fingerprint density at radius 1 is 1.10 bits per heavy atom. The van der Waals surface area contributed by atoms with Gasteiger partial charge in [-0.05, 0) is 0 Å². The molecular formula is C22H21AsClN3O3S. The summed E-state index contributed by atoms with van der Waals surface area (Å²) in [5.74, 6) is -0.344. The van der Waals surface area contributed by atoms with Crippen molar-refractivity contribution < 1.29 is 13.2 Å². The van der Waals surface area contributed by atoms with E-state index in [1.165, 1.54) is 20.5 Å². The number of nitrogens with one attached hydrogen (secondary N) is 1. The number of aromatic nitrogens is 1. The number of hydrogen-bond acceptors (Lipinski definition) is 4. The van der Waals surface area contributed by atoms with Crippen molar-refractivity contribution in [1.29, 1.82) is 0 Å². The monoisotopic (exact) mass is 517 g/mol. The topological polar surface area (TPSA) is 79.4 Å². The molecule has 1 amide bonds. The predicted molar refractivity (Wildman–Crippen MR) is 125 cm³/mol. The Kier molecular flexibility index (Phi) is 6.49.